The van der Waals surface area contributed by atoms with E-state index in [0.717, 1.165) is 37.4 Å². The summed E-state index contributed by atoms with van der Waals surface area (Å²) >= 11 is 0. The van der Waals surface area contributed by atoms with Gasteiger partial charge in [-0.15, -0.1) is 0 Å². The number of likely N-dealkylation sites (N-methyl/N-ethyl adjacent to an activating group) is 1. The molecule has 8 heteroatoms. The molecule has 2 unspecified atom stereocenters. The zero-order valence-corrected chi connectivity index (χ0v) is 18.0. The Kier molecular flexibility index (Phi) is 6.24. The first-order valence-electron chi connectivity index (χ1n) is 11.1. The lowest BCUT2D eigenvalue weighted by Crippen LogP contribution is -2.62. The van der Waals surface area contributed by atoms with Gasteiger partial charge < -0.3 is 15.1 Å². The summed E-state index contributed by atoms with van der Waals surface area (Å²) in [5, 5.41) is 14.4. The molecule has 1 aromatic rings. The second-order valence-corrected chi connectivity index (χ2v) is 9.17. The first-order chi connectivity index (χ1) is 14.4. The predicted octanol–water partition coefficient (Wildman–Crippen LogP) is 1.88. The summed E-state index contributed by atoms with van der Waals surface area (Å²) in [6, 6.07) is 5.90. The van der Waals surface area contributed by atoms with Crippen molar-refractivity contribution < 1.29 is 9.72 Å². The molecule has 4 rings (SSSR count). The first-order valence-corrected chi connectivity index (χ1v) is 11.1. The fraction of sp³-hybridized carbons (Fsp3) is 0.682. The predicted molar refractivity (Wildman–Crippen MR) is 117 cm³/mol. The Morgan fingerprint density at radius 2 is 2.03 bits per heavy atom. The molecule has 2 fully saturated rings. The van der Waals surface area contributed by atoms with Crippen LogP contribution in [0.15, 0.2) is 18.2 Å². The highest BCUT2D eigenvalue weighted by Gasteiger charge is 2.43. The summed E-state index contributed by atoms with van der Waals surface area (Å²) in [7, 11) is 3.98. The van der Waals surface area contributed by atoms with Gasteiger partial charge in [-0.25, -0.2) is 0 Å². The number of amides is 1. The zero-order chi connectivity index (χ0) is 21.3. The maximum atomic E-state index is 13.2. The van der Waals surface area contributed by atoms with Crippen molar-refractivity contribution in [1.29, 1.82) is 0 Å². The number of fused-ring (bicyclic) bond motifs is 3. The van der Waals surface area contributed by atoms with Crippen molar-refractivity contribution in [2.75, 3.05) is 51.7 Å². The van der Waals surface area contributed by atoms with Gasteiger partial charge in [0.05, 0.1) is 16.9 Å². The quantitative estimate of drug-likeness (QED) is 0.564. The lowest BCUT2D eigenvalue weighted by molar-refractivity contribution is -0.384. The fourth-order valence-corrected chi connectivity index (χ4v) is 5.38. The number of carbonyl (C=O) groups excluding carboxylic acids is 1. The van der Waals surface area contributed by atoms with E-state index in [-0.39, 0.29) is 28.5 Å². The molecule has 0 aromatic heterocycles. The number of nitro groups is 1. The Morgan fingerprint density at radius 3 is 2.73 bits per heavy atom. The molecule has 2 heterocycles. The number of hydrogen-bond donors (Lipinski definition) is 1. The van der Waals surface area contributed by atoms with Crippen LogP contribution in [0.5, 0.6) is 0 Å². The molecule has 0 radical (unpaired) electrons. The molecule has 8 nitrogen and oxygen atoms in total. The number of nitrogens with zero attached hydrogens (tertiary/aromatic N) is 4. The van der Waals surface area contributed by atoms with Crippen molar-refractivity contribution in [2.24, 2.45) is 5.92 Å². The number of nitro benzene ring substituents is 1. The Morgan fingerprint density at radius 1 is 1.27 bits per heavy atom. The van der Waals surface area contributed by atoms with Crippen LogP contribution in [0.2, 0.25) is 0 Å². The highest BCUT2D eigenvalue weighted by Crippen LogP contribution is 2.39. The largest absolute Gasteiger partial charge is 0.365 e. The number of piperazine rings is 1. The highest BCUT2D eigenvalue weighted by molar-refractivity contribution is 5.82. The summed E-state index contributed by atoms with van der Waals surface area (Å²) in [5.41, 5.74) is 2.08. The average Bonchev–Trinajstić information content (AvgIpc) is 3.26. The van der Waals surface area contributed by atoms with Crippen LogP contribution >= 0.6 is 0 Å². The molecule has 3 aliphatic rings. The number of carbonyl (C=O) groups is 1. The van der Waals surface area contributed by atoms with E-state index >= 15 is 0 Å². The Labute approximate surface area is 178 Å². The zero-order valence-electron chi connectivity index (χ0n) is 18.0. The second kappa shape index (κ2) is 8.89. The van der Waals surface area contributed by atoms with E-state index in [1.54, 1.807) is 12.1 Å². The summed E-state index contributed by atoms with van der Waals surface area (Å²) in [6.07, 6.45) is 5.68. The first kappa shape index (κ1) is 21.1. The standard InChI is InChI=1S/C22H33N5O3/c1-24(2)10-9-23-22(28)19-14-16-13-18(27(29)30)7-8-20(16)26-12-11-25(15-21(19)26)17-5-3-4-6-17/h7-8,13,17,19,21H,3-6,9-12,14-15H2,1-2H3,(H,23,28). The summed E-state index contributed by atoms with van der Waals surface area (Å²) < 4.78 is 0. The Balaban J connectivity index is 1.58. The number of nitrogens with one attached hydrogen (secondary N) is 1. The topological polar surface area (TPSA) is 82.0 Å². The van der Waals surface area contributed by atoms with Crippen LogP contribution in [0.4, 0.5) is 11.4 Å². The van der Waals surface area contributed by atoms with E-state index in [2.05, 4.69) is 20.0 Å². The maximum Gasteiger partial charge on any atom is 0.269 e. The van der Waals surface area contributed by atoms with E-state index in [0.29, 0.717) is 19.0 Å². The normalized spacial score (nSPS) is 24.6. The SMILES string of the molecule is CN(C)CCNC(=O)C1Cc2cc([N+](=O)[O-])ccc2N2CCN(C3CCCC3)CC12. The van der Waals surface area contributed by atoms with Gasteiger partial charge in [0.2, 0.25) is 5.91 Å². The molecule has 2 atom stereocenters. The minimum atomic E-state index is -0.351. The molecular weight excluding hydrogens is 382 g/mol. The van der Waals surface area contributed by atoms with Gasteiger partial charge in [-0.05, 0) is 45.0 Å². The van der Waals surface area contributed by atoms with Gasteiger partial charge in [-0.2, -0.15) is 0 Å². The molecule has 164 valence electrons. The van der Waals surface area contributed by atoms with Crippen LogP contribution in [-0.2, 0) is 11.2 Å². The van der Waals surface area contributed by atoms with E-state index < -0.39 is 0 Å². The average molecular weight is 416 g/mol. The molecule has 1 N–H and O–H groups in total. The number of non-ortho nitro benzene ring substituents is 1. The Hall–Kier alpha value is -2.19. The van der Waals surface area contributed by atoms with Crippen molar-refractivity contribution >= 4 is 17.3 Å². The van der Waals surface area contributed by atoms with Crippen LogP contribution in [-0.4, -0.2) is 79.5 Å². The van der Waals surface area contributed by atoms with Gasteiger partial charge in [0.1, 0.15) is 0 Å². The highest BCUT2D eigenvalue weighted by atomic mass is 16.6. The monoisotopic (exact) mass is 415 g/mol. The number of rotatable bonds is 6. The third kappa shape index (κ3) is 4.30. The lowest BCUT2D eigenvalue weighted by atomic mass is 9.83. The van der Waals surface area contributed by atoms with Gasteiger partial charge in [0, 0.05) is 56.6 Å². The minimum Gasteiger partial charge on any atom is -0.365 e. The maximum absolute atomic E-state index is 13.2. The third-order valence-electron chi connectivity index (χ3n) is 6.97. The van der Waals surface area contributed by atoms with Crippen LogP contribution in [0.3, 0.4) is 0 Å². The minimum absolute atomic E-state index is 0.0669. The van der Waals surface area contributed by atoms with Crippen LogP contribution in [0, 0.1) is 16.0 Å². The Bertz CT molecular complexity index is 793. The van der Waals surface area contributed by atoms with Gasteiger partial charge in [-0.3, -0.25) is 19.8 Å². The third-order valence-corrected chi connectivity index (χ3v) is 6.97. The fourth-order valence-electron chi connectivity index (χ4n) is 5.38. The molecule has 1 saturated heterocycles. The van der Waals surface area contributed by atoms with E-state index in [9.17, 15) is 14.9 Å². The summed E-state index contributed by atoms with van der Waals surface area (Å²) in [5.74, 6) is -0.122. The van der Waals surface area contributed by atoms with Crippen molar-refractivity contribution in [1.82, 2.24) is 15.1 Å². The molecule has 1 aromatic carbocycles. The molecule has 1 aliphatic carbocycles. The van der Waals surface area contributed by atoms with Crippen molar-refractivity contribution in [3.63, 3.8) is 0 Å². The summed E-state index contributed by atoms with van der Waals surface area (Å²) in [4.78, 5) is 31.1. The molecular formula is C22H33N5O3. The molecule has 0 spiro atoms. The summed E-state index contributed by atoms with van der Waals surface area (Å²) in [6.45, 7) is 4.17. The van der Waals surface area contributed by atoms with Crippen LogP contribution in [0.1, 0.15) is 31.2 Å². The molecule has 30 heavy (non-hydrogen) atoms. The van der Waals surface area contributed by atoms with Gasteiger partial charge in [-0.1, -0.05) is 12.8 Å². The van der Waals surface area contributed by atoms with Crippen LogP contribution < -0.4 is 10.2 Å². The molecule has 0 bridgehead atoms. The number of anilines is 1. The molecule has 1 amide bonds. The molecule has 2 aliphatic heterocycles. The van der Waals surface area contributed by atoms with Crippen molar-refractivity contribution in [3.05, 3.63) is 33.9 Å². The van der Waals surface area contributed by atoms with Gasteiger partial charge >= 0.3 is 0 Å². The number of benzene rings is 1. The molecule has 1 saturated carbocycles. The lowest BCUT2D eigenvalue weighted by Gasteiger charge is -2.50. The van der Waals surface area contributed by atoms with Gasteiger partial charge in [0.25, 0.3) is 5.69 Å². The van der Waals surface area contributed by atoms with Crippen molar-refractivity contribution in [2.45, 2.75) is 44.2 Å². The van der Waals surface area contributed by atoms with E-state index in [1.165, 1.54) is 25.7 Å². The van der Waals surface area contributed by atoms with Crippen LogP contribution in [0.25, 0.3) is 0 Å². The van der Waals surface area contributed by atoms with E-state index in [4.69, 9.17) is 0 Å². The van der Waals surface area contributed by atoms with Crippen molar-refractivity contribution in [3.8, 4) is 0 Å². The number of hydrogen-bond acceptors (Lipinski definition) is 6. The van der Waals surface area contributed by atoms with E-state index in [1.807, 2.05) is 20.2 Å². The smallest absolute Gasteiger partial charge is 0.269 e. The van der Waals surface area contributed by atoms with Gasteiger partial charge in [0.15, 0.2) is 0 Å². The second-order valence-electron chi connectivity index (χ2n) is 9.17.